The van der Waals surface area contributed by atoms with E-state index in [-0.39, 0.29) is 17.0 Å². The number of hydrogen-bond donors (Lipinski definition) is 3. The molecular weight excluding hydrogens is 160 g/mol. The molecule has 3 N–H and O–H groups in total. The van der Waals surface area contributed by atoms with Gasteiger partial charge in [-0.3, -0.25) is 5.11 Å². The van der Waals surface area contributed by atoms with E-state index in [9.17, 15) is 4.79 Å². The summed E-state index contributed by atoms with van der Waals surface area (Å²) in [5.74, 6) is -1.60. The Hall–Kier alpha value is -1.91. The molecule has 0 bridgehead atoms. The largest absolute Gasteiger partial charge is 0.507 e. The van der Waals surface area contributed by atoms with Gasteiger partial charge in [-0.15, -0.1) is 0 Å². The summed E-state index contributed by atoms with van der Waals surface area (Å²) in [6.45, 7) is 0. The molecule has 0 aliphatic rings. The summed E-state index contributed by atoms with van der Waals surface area (Å²) in [5, 5.41) is 19.3. The van der Waals surface area contributed by atoms with Crippen molar-refractivity contribution in [3.8, 4) is 5.75 Å². The monoisotopic (exact) mass is 166 g/mol. The van der Waals surface area contributed by atoms with Crippen LogP contribution in [0.2, 0.25) is 0 Å². The Kier molecular flexibility index (Phi) is 2.05. The van der Waals surface area contributed by atoms with Gasteiger partial charge >= 0.3 is 5.97 Å². The number of nitrogens with zero attached hydrogens (tertiary/aromatic N) is 1. The third-order valence-electron chi connectivity index (χ3n) is 1.36. The molecule has 0 saturated carbocycles. The van der Waals surface area contributed by atoms with Crippen molar-refractivity contribution in [2.75, 3.05) is 0 Å². The quantitative estimate of drug-likeness (QED) is 0.532. The first-order valence-electron chi connectivity index (χ1n) is 3.11. The van der Waals surface area contributed by atoms with Crippen LogP contribution in [-0.4, -0.2) is 16.2 Å². The van der Waals surface area contributed by atoms with E-state index in [1.165, 1.54) is 12.1 Å². The van der Waals surface area contributed by atoms with Crippen LogP contribution in [0.1, 0.15) is 10.4 Å². The minimum atomic E-state index is -1.21. The van der Waals surface area contributed by atoms with Crippen molar-refractivity contribution >= 4 is 11.7 Å². The molecule has 12 heavy (non-hydrogen) atoms. The molecule has 0 amide bonds. The predicted molar refractivity (Wildman–Crippen MR) is 39.0 cm³/mol. The molecule has 0 unspecified atom stereocenters. The summed E-state index contributed by atoms with van der Waals surface area (Å²) in [6.07, 6.45) is 0. The van der Waals surface area contributed by atoms with Gasteiger partial charge in [0.25, 0.3) is 0 Å². The van der Waals surface area contributed by atoms with Gasteiger partial charge in [-0.25, -0.2) is 4.79 Å². The standard InChI is InChI=1S/C7H6N2O3/c8-9-4-1-2-5(7(11)12)6(10)3-4/h1-3,9-10H,(H,11,12). The fraction of sp³-hybridized carbons (Fsp3) is 0. The molecule has 0 heterocycles. The molecule has 62 valence electrons. The molecule has 0 saturated heterocycles. The number of benzene rings is 1. The van der Waals surface area contributed by atoms with Crippen LogP contribution in [0.3, 0.4) is 0 Å². The average molecular weight is 166 g/mol. The van der Waals surface area contributed by atoms with Crippen molar-refractivity contribution in [2.45, 2.75) is 0 Å². The van der Waals surface area contributed by atoms with Crippen LogP contribution in [0, 0.1) is 0 Å². The second kappa shape index (κ2) is 3.00. The number of carboxylic acid groups (broad SMARTS) is 1. The third kappa shape index (κ3) is 1.39. The molecule has 0 aromatic heterocycles. The van der Waals surface area contributed by atoms with Crippen molar-refractivity contribution in [2.24, 2.45) is 0 Å². The first kappa shape index (κ1) is 8.19. The number of carbonyl (C=O) groups is 1. The Morgan fingerprint density at radius 1 is 1.50 bits per heavy atom. The molecular formula is C7H6N2O3. The van der Waals surface area contributed by atoms with Crippen LogP contribution < -0.4 is 5.11 Å². The van der Waals surface area contributed by atoms with Gasteiger partial charge in [0.2, 0.25) is 0 Å². The van der Waals surface area contributed by atoms with E-state index in [1.807, 2.05) is 0 Å². The third-order valence-corrected chi connectivity index (χ3v) is 1.36. The second-order valence-corrected chi connectivity index (χ2v) is 2.15. The van der Waals surface area contributed by atoms with Gasteiger partial charge in [-0.1, -0.05) is 0 Å². The topological polar surface area (TPSA) is 93.8 Å². The minimum Gasteiger partial charge on any atom is -0.507 e. The number of aromatic hydroxyl groups is 1. The zero-order valence-corrected chi connectivity index (χ0v) is 5.98. The van der Waals surface area contributed by atoms with Crippen molar-refractivity contribution in [3.05, 3.63) is 29.3 Å². The summed E-state index contributed by atoms with van der Waals surface area (Å²) in [5.41, 5.74) is 8.42. The number of aromatic carboxylic acids is 1. The lowest BCUT2D eigenvalue weighted by atomic mass is 10.2. The number of nitrogens with one attached hydrogen (secondary N) is 1. The first-order valence-corrected chi connectivity index (χ1v) is 3.11. The molecule has 1 aromatic carbocycles. The second-order valence-electron chi connectivity index (χ2n) is 2.15. The maximum Gasteiger partial charge on any atom is 0.339 e. The Morgan fingerprint density at radius 2 is 2.17 bits per heavy atom. The van der Waals surface area contributed by atoms with Gasteiger partial charge in [-0.05, 0) is 6.07 Å². The highest BCUT2D eigenvalue weighted by atomic mass is 16.4. The van der Waals surface area contributed by atoms with Crippen LogP contribution >= 0.6 is 0 Å². The minimum absolute atomic E-state index is 0.200. The Balaban J connectivity index is 3.20. The highest BCUT2D eigenvalue weighted by Crippen LogP contribution is 2.18. The van der Waals surface area contributed by atoms with Crippen LogP contribution in [0.15, 0.2) is 18.2 Å². The number of hydrogen-bond acceptors (Lipinski definition) is 2. The molecule has 5 heteroatoms. The van der Waals surface area contributed by atoms with E-state index in [2.05, 4.69) is 0 Å². The highest BCUT2D eigenvalue weighted by Gasteiger charge is 2.09. The van der Waals surface area contributed by atoms with E-state index < -0.39 is 5.97 Å². The Bertz CT molecular complexity index is 335. The molecule has 0 atom stereocenters. The molecule has 0 radical (unpaired) electrons. The smallest absolute Gasteiger partial charge is 0.339 e. The van der Waals surface area contributed by atoms with Gasteiger partial charge in [0.1, 0.15) is 11.3 Å². The van der Waals surface area contributed by atoms with E-state index >= 15 is 0 Å². The lowest BCUT2D eigenvalue weighted by molar-refractivity contribution is -0.379. The van der Waals surface area contributed by atoms with Gasteiger partial charge in [0.15, 0.2) is 5.69 Å². The zero-order valence-electron chi connectivity index (χ0n) is 5.98. The Labute approximate surface area is 67.8 Å². The van der Waals surface area contributed by atoms with Crippen LogP contribution in [0.4, 0.5) is 5.69 Å². The van der Waals surface area contributed by atoms with E-state index in [4.69, 9.17) is 15.7 Å². The zero-order chi connectivity index (χ0) is 9.14. The van der Waals surface area contributed by atoms with Crippen LogP contribution in [0.25, 0.3) is 5.53 Å². The van der Waals surface area contributed by atoms with Gasteiger partial charge in [-0.2, -0.15) is 0 Å². The maximum absolute atomic E-state index is 10.4. The van der Waals surface area contributed by atoms with Crippen molar-refractivity contribution in [1.29, 1.82) is 0 Å². The molecule has 0 aliphatic carbocycles. The van der Waals surface area contributed by atoms with Gasteiger partial charge in [0, 0.05) is 6.07 Å². The fourth-order valence-corrected chi connectivity index (χ4v) is 0.782. The lowest BCUT2D eigenvalue weighted by Crippen LogP contribution is -2.54. The predicted octanol–water partition coefficient (Wildman–Crippen LogP) is -0.176. The molecule has 0 fully saturated rings. The number of carboxylic acids is 1. The normalized spacial score (nSPS) is 9.33. The summed E-state index contributed by atoms with van der Waals surface area (Å²) in [4.78, 5) is 10.4. The van der Waals surface area contributed by atoms with E-state index in [0.29, 0.717) is 0 Å². The van der Waals surface area contributed by atoms with Crippen molar-refractivity contribution < 1.29 is 20.1 Å². The molecule has 5 nitrogen and oxygen atoms in total. The van der Waals surface area contributed by atoms with Gasteiger partial charge in [0.05, 0.1) is 6.07 Å². The summed E-state index contributed by atoms with van der Waals surface area (Å²) < 4.78 is 0. The molecule has 0 aliphatic heterocycles. The van der Waals surface area contributed by atoms with Gasteiger partial charge < -0.3 is 15.7 Å². The first-order chi connectivity index (χ1) is 5.65. The fourth-order valence-electron chi connectivity index (χ4n) is 0.782. The van der Waals surface area contributed by atoms with Crippen LogP contribution in [-0.2, 0) is 0 Å². The Morgan fingerprint density at radius 3 is 2.58 bits per heavy atom. The molecule has 1 rings (SSSR count). The summed E-state index contributed by atoms with van der Waals surface area (Å²) >= 11 is 0. The van der Waals surface area contributed by atoms with Crippen LogP contribution in [0.5, 0.6) is 5.75 Å². The van der Waals surface area contributed by atoms with Crippen molar-refractivity contribution in [3.63, 3.8) is 0 Å². The summed E-state index contributed by atoms with van der Waals surface area (Å²) in [6, 6.07) is 3.64. The molecule has 1 aromatic rings. The summed E-state index contributed by atoms with van der Waals surface area (Å²) in [7, 11) is 0. The highest BCUT2D eigenvalue weighted by molar-refractivity contribution is 5.91. The molecule has 0 spiro atoms. The maximum atomic E-state index is 10.4. The van der Waals surface area contributed by atoms with E-state index in [1.54, 1.807) is 5.11 Å². The van der Waals surface area contributed by atoms with E-state index in [0.717, 1.165) is 6.07 Å². The number of rotatable bonds is 2. The number of phenols is 1. The average Bonchev–Trinajstić information content (AvgIpc) is 2.03. The lowest BCUT2D eigenvalue weighted by Gasteiger charge is -1.97. The SMILES string of the molecule is [N-]=[NH+]c1ccc(C(=O)O)c(O)c1. The van der Waals surface area contributed by atoms with Crippen molar-refractivity contribution in [1.82, 2.24) is 0 Å².